The molecule has 20 heavy (non-hydrogen) atoms. The molecular weight excluding hydrogens is 254 g/mol. The van der Waals surface area contributed by atoms with Crippen LogP contribution in [0.3, 0.4) is 0 Å². The Labute approximate surface area is 115 Å². The average Bonchev–Trinajstić information content (AvgIpc) is 2.92. The van der Waals surface area contributed by atoms with Gasteiger partial charge in [-0.1, -0.05) is 6.07 Å². The van der Waals surface area contributed by atoms with E-state index in [-0.39, 0.29) is 5.91 Å². The first-order valence-electron chi connectivity index (χ1n) is 6.15. The van der Waals surface area contributed by atoms with Crippen molar-refractivity contribution in [2.75, 3.05) is 12.4 Å². The summed E-state index contributed by atoms with van der Waals surface area (Å²) in [5.74, 6) is 0.509. The highest BCUT2D eigenvalue weighted by molar-refractivity contribution is 6.03. The third-order valence-corrected chi connectivity index (χ3v) is 2.94. The molecule has 3 aromatic rings. The van der Waals surface area contributed by atoms with Gasteiger partial charge in [0.25, 0.3) is 5.91 Å². The number of pyridine rings is 1. The summed E-state index contributed by atoms with van der Waals surface area (Å²) >= 11 is 0. The number of rotatable bonds is 3. The van der Waals surface area contributed by atoms with Crippen molar-refractivity contribution in [3.05, 3.63) is 60.6 Å². The maximum absolute atomic E-state index is 12.1. The van der Waals surface area contributed by atoms with E-state index in [4.69, 9.17) is 4.74 Å². The van der Waals surface area contributed by atoms with Crippen molar-refractivity contribution in [3.8, 4) is 5.75 Å². The predicted octanol–water partition coefficient (Wildman–Crippen LogP) is 2.60. The molecule has 0 atom stereocenters. The molecule has 5 heteroatoms. The summed E-state index contributed by atoms with van der Waals surface area (Å²) in [7, 11) is 1.60. The molecule has 1 N–H and O–H groups in total. The normalized spacial score (nSPS) is 10.4. The zero-order chi connectivity index (χ0) is 13.9. The number of amides is 1. The summed E-state index contributed by atoms with van der Waals surface area (Å²) < 4.78 is 6.88. The minimum Gasteiger partial charge on any atom is -0.497 e. The molecule has 5 nitrogen and oxygen atoms in total. The second-order valence-corrected chi connectivity index (χ2v) is 4.27. The van der Waals surface area contributed by atoms with Crippen LogP contribution in [0.15, 0.2) is 54.9 Å². The van der Waals surface area contributed by atoms with Crippen LogP contribution in [0.4, 0.5) is 5.69 Å². The van der Waals surface area contributed by atoms with Crippen molar-refractivity contribution in [1.82, 2.24) is 9.38 Å². The number of hydrogen-bond donors (Lipinski definition) is 1. The van der Waals surface area contributed by atoms with E-state index >= 15 is 0 Å². The molecule has 0 saturated carbocycles. The molecule has 1 aromatic carbocycles. The predicted molar refractivity (Wildman–Crippen MR) is 76.1 cm³/mol. The number of nitrogens with one attached hydrogen (secondary N) is 1. The quantitative estimate of drug-likeness (QED) is 0.793. The number of methoxy groups -OCH3 is 1. The van der Waals surface area contributed by atoms with Crippen LogP contribution >= 0.6 is 0 Å². The van der Waals surface area contributed by atoms with Gasteiger partial charge in [-0.25, -0.2) is 4.98 Å². The Hall–Kier alpha value is -2.82. The number of ether oxygens (including phenoxy) is 1. The number of fused-ring (bicyclic) bond motifs is 1. The maximum Gasteiger partial charge on any atom is 0.275 e. The van der Waals surface area contributed by atoms with Gasteiger partial charge in [-0.3, -0.25) is 4.79 Å². The van der Waals surface area contributed by atoms with E-state index in [9.17, 15) is 4.79 Å². The van der Waals surface area contributed by atoms with Gasteiger partial charge in [-0.2, -0.15) is 0 Å². The Morgan fingerprint density at radius 3 is 2.70 bits per heavy atom. The molecule has 0 saturated heterocycles. The molecule has 0 aliphatic heterocycles. The molecule has 1 amide bonds. The molecule has 0 spiro atoms. The first-order chi connectivity index (χ1) is 9.76. The molecular formula is C15H13N3O2. The second-order valence-electron chi connectivity index (χ2n) is 4.27. The highest BCUT2D eigenvalue weighted by Crippen LogP contribution is 2.16. The zero-order valence-electron chi connectivity index (χ0n) is 10.9. The first kappa shape index (κ1) is 12.2. The van der Waals surface area contributed by atoms with Crippen LogP contribution in [-0.2, 0) is 0 Å². The van der Waals surface area contributed by atoms with E-state index in [2.05, 4.69) is 10.3 Å². The van der Waals surface area contributed by atoms with Crippen molar-refractivity contribution >= 4 is 17.2 Å². The van der Waals surface area contributed by atoms with Crippen molar-refractivity contribution in [2.45, 2.75) is 0 Å². The van der Waals surface area contributed by atoms with Gasteiger partial charge in [0.1, 0.15) is 17.1 Å². The van der Waals surface area contributed by atoms with Crippen molar-refractivity contribution in [1.29, 1.82) is 0 Å². The Kier molecular flexibility index (Phi) is 3.09. The number of anilines is 1. The maximum atomic E-state index is 12.1. The molecule has 0 radical (unpaired) electrons. The fraction of sp³-hybridized carbons (Fsp3) is 0.0667. The van der Waals surface area contributed by atoms with E-state index in [0.717, 1.165) is 11.4 Å². The van der Waals surface area contributed by atoms with E-state index < -0.39 is 0 Å². The van der Waals surface area contributed by atoms with Gasteiger partial charge in [0.15, 0.2) is 0 Å². The van der Waals surface area contributed by atoms with Crippen LogP contribution in [0, 0.1) is 0 Å². The lowest BCUT2D eigenvalue weighted by Crippen LogP contribution is -2.12. The molecule has 0 aliphatic rings. The minimum absolute atomic E-state index is 0.237. The van der Waals surface area contributed by atoms with E-state index in [1.165, 1.54) is 0 Å². The van der Waals surface area contributed by atoms with E-state index in [0.29, 0.717) is 11.4 Å². The van der Waals surface area contributed by atoms with Crippen LogP contribution in [0.25, 0.3) is 5.65 Å². The van der Waals surface area contributed by atoms with Gasteiger partial charge in [-0.05, 0) is 36.4 Å². The summed E-state index contributed by atoms with van der Waals surface area (Å²) in [5, 5.41) is 2.80. The second kappa shape index (κ2) is 5.05. The third-order valence-electron chi connectivity index (χ3n) is 2.94. The van der Waals surface area contributed by atoms with E-state index in [1.54, 1.807) is 37.6 Å². The number of carbonyl (C=O) groups is 1. The van der Waals surface area contributed by atoms with Crippen molar-refractivity contribution in [3.63, 3.8) is 0 Å². The van der Waals surface area contributed by atoms with Gasteiger partial charge >= 0.3 is 0 Å². The van der Waals surface area contributed by atoms with Crippen LogP contribution in [0.1, 0.15) is 10.5 Å². The fourth-order valence-corrected chi connectivity index (χ4v) is 1.91. The number of benzene rings is 1. The van der Waals surface area contributed by atoms with Crippen LogP contribution in [0.2, 0.25) is 0 Å². The van der Waals surface area contributed by atoms with E-state index in [1.807, 2.05) is 28.8 Å². The number of hydrogen-bond acceptors (Lipinski definition) is 3. The lowest BCUT2D eigenvalue weighted by atomic mass is 10.3. The Morgan fingerprint density at radius 2 is 2.00 bits per heavy atom. The largest absolute Gasteiger partial charge is 0.497 e. The number of imidazole rings is 1. The molecule has 3 rings (SSSR count). The van der Waals surface area contributed by atoms with Gasteiger partial charge in [0, 0.05) is 18.1 Å². The summed E-state index contributed by atoms with van der Waals surface area (Å²) in [6, 6.07) is 12.8. The molecule has 2 aromatic heterocycles. The van der Waals surface area contributed by atoms with Gasteiger partial charge in [0.2, 0.25) is 0 Å². The lowest BCUT2D eigenvalue weighted by molar-refractivity contribution is 0.102. The Bertz CT molecular complexity index is 714. The summed E-state index contributed by atoms with van der Waals surface area (Å²) in [5.41, 5.74) is 1.83. The zero-order valence-corrected chi connectivity index (χ0v) is 10.9. The SMILES string of the molecule is COc1ccc(NC(=O)c2cn3ccccc3n2)cc1. The number of nitrogens with zero attached hydrogens (tertiary/aromatic N) is 2. The monoisotopic (exact) mass is 267 g/mol. The molecule has 0 aliphatic carbocycles. The molecule has 100 valence electrons. The average molecular weight is 267 g/mol. The number of carbonyl (C=O) groups excluding carboxylic acids is 1. The minimum atomic E-state index is -0.237. The summed E-state index contributed by atoms with van der Waals surface area (Å²) in [6.07, 6.45) is 3.56. The third kappa shape index (κ3) is 2.33. The van der Waals surface area contributed by atoms with Crippen LogP contribution < -0.4 is 10.1 Å². The highest BCUT2D eigenvalue weighted by Gasteiger charge is 2.10. The van der Waals surface area contributed by atoms with Gasteiger partial charge < -0.3 is 14.5 Å². The Balaban J connectivity index is 1.81. The molecule has 0 unspecified atom stereocenters. The molecule has 0 bridgehead atoms. The van der Waals surface area contributed by atoms with Crippen molar-refractivity contribution in [2.24, 2.45) is 0 Å². The first-order valence-corrected chi connectivity index (χ1v) is 6.15. The number of aromatic nitrogens is 2. The summed E-state index contributed by atoms with van der Waals surface area (Å²) in [4.78, 5) is 16.4. The molecule has 2 heterocycles. The van der Waals surface area contributed by atoms with Gasteiger partial charge in [0.05, 0.1) is 7.11 Å². The van der Waals surface area contributed by atoms with Crippen molar-refractivity contribution < 1.29 is 9.53 Å². The van der Waals surface area contributed by atoms with Gasteiger partial charge in [-0.15, -0.1) is 0 Å². The fourth-order valence-electron chi connectivity index (χ4n) is 1.91. The highest BCUT2D eigenvalue weighted by atomic mass is 16.5. The smallest absolute Gasteiger partial charge is 0.275 e. The van der Waals surface area contributed by atoms with Crippen LogP contribution in [-0.4, -0.2) is 22.4 Å². The van der Waals surface area contributed by atoms with Crippen LogP contribution in [0.5, 0.6) is 5.75 Å². The topological polar surface area (TPSA) is 55.6 Å². The Morgan fingerprint density at radius 1 is 1.20 bits per heavy atom. The standard InChI is InChI=1S/C15H13N3O2/c1-20-12-7-5-11(6-8-12)16-15(19)13-10-18-9-3-2-4-14(18)17-13/h2-10H,1H3,(H,16,19). The lowest BCUT2D eigenvalue weighted by Gasteiger charge is -2.04. The molecule has 0 fully saturated rings. The summed E-state index contributed by atoms with van der Waals surface area (Å²) in [6.45, 7) is 0.